The van der Waals surface area contributed by atoms with Gasteiger partial charge in [0, 0.05) is 23.5 Å². The molecular weight excluding hydrogens is 326 g/mol. The van der Waals surface area contributed by atoms with E-state index in [0.717, 1.165) is 29.8 Å². The largest absolute Gasteiger partial charge is 0.367 e. The van der Waals surface area contributed by atoms with E-state index in [1.54, 1.807) is 0 Å². The molecule has 26 heavy (non-hydrogen) atoms. The molecule has 1 saturated heterocycles. The van der Waals surface area contributed by atoms with E-state index in [1.165, 1.54) is 24.0 Å². The molecule has 0 bridgehead atoms. The van der Waals surface area contributed by atoms with Crippen LogP contribution < -0.4 is 0 Å². The van der Waals surface area contributed by atoms with Crippen LogP contribution in [0.5, 0.6) is 0 Å². The van der Waals surface area contributed by atoms with Gasteiger partial charge in [-0.25, -0.2) is 9.97 Å². The number of carbonyl (C=O) groups is 1. The second-order valence-corrected chi connectivity index (χ2v) is 7.31. The molecule has 4 rings (SSSR count). The molecule has 1 aliphatic carbocycles. The summed E-state index contributed by atoms with van der Waals surface area (Å²) in [7, 11) is 0. The lowest BCUT2D eigenvalue weighted by Crippen LogP contribution is -2.42. The van der Waals surface area contributed by atoms with Crippen molar-refractivity contribution in [3.05, 3.63) is 58.2 Å². The first-order valence-electron chi connectivity index (χ1n) is 9.45. The summed E-state index contributed by atoms with van der Waals surface area (Å²) >= 11 is 0. The minimum absolute atomic E-state index is 0.0797. The SMILES string of the molecule is Cc1cc(C)nc([C@H]2CN(C(=O)c3ccc4c(c3)CCCC4)CCO2)n1. The lowest BCUT2D eigenvalue weighted by molar-refractivity contribution is -0.0269. The van der Waals surface area contributed by atoms with Crippen molar-refractivity contribution in [2.24, 2.45) is 0 Å². The average Bonchev–Trinajstić information content (AvgIpc) is 2.66. The summed E-state index contributed by atoms with van der Waals surface area (Å²) in [5.74, 6) is 0.751. The van der Waals surface area contributed by atoms with Gasteiger partial charge in [-0.2, -0.15) is 0 Å². The molecule has 0 radical (unpaired) electrons. The van der Waals surface area contributed by atoms with E-state index in [2.05, 4.69) is 22.1 Å². The summed E-state index contributed by atoms with van der Waals surface area (Å²) in [5, 5.41) is 0. The molecule has 5 heteroatoms. The summed E-state index contributed by atoms with van der Waals surface area (Å²) in [6.45, 7) is 5.53. The van der Waals surface area contributed by atoms with Crippen molar-refractivity contribution in [1.82, 2.24) is 14.9 Å². The molecule has 1 amide bonds. The van der Waals surface area contributed by atoms with Crippen LogP contribution in [0.3, 0.4) is 0 Å². The van der Waals surface area contributed by atoms with Gasteiger partial charge < -0.3 is 9.64 Å². The highest BCUT2D eigenvalue weighted by Gasteiger charge is 2.28. The molecule has 1 atom stereocenters. The summed E-state index contributed by atoms with van der Waals surface area (Å²) in [5.41, 5.74) is 5.37. The van der Waals surface area contributed by atoms with E-state index in [-0.39, 0.29) is 12.0 Å². The first kappa shape index (κ1) is 17.2. The van der Waals surface area contributed by atoms with E-state index in [1.807, 2.05) is 30.9 Å². The molecule has 1 fully saturated rings. The Labute approximate surface area is 154 Å². The lowest BCUT2D eigenvalue weighted by atomic mass is 9.90. The second kappa shape index (κ2) is 7.16. The molecule has 2 heterocycles. The van der Waals surface area contributed by atoms with Crippen LogP contribution >= 0.6 is 0 Å². The van der Waals surface area contributed by atoms with Crippen LogP contribution in [0.4, 0.5) is 0 Å². The van der Waals surface area contributed by atoms with Gasteiger partial charge in [0.15, 0.2) is 5.82 Å². The van der Waals surface area contributed by atoms with Crippen LogP contribution in [0.1, 0.15) is 57.6 Å². The highest BCUT2D eigenvalue weighted by molar-refractivity contribution is 5.94. The third kappa shape index (κ3) is 3.49. The monoisotopic (exact) mass is 351 g/mol. The zero-order valence-corrected chi connectivity index (χ0v) is 15.5. The van der Waals surface area contributed by atoms with Crippen molar-refractivity contribution in [2.45, 2.75) is 45.6 Å². The highest BCUT2D eigenvalue weighted by Crippen LogP contribution is 2.25. The molecule has 0 saturated carbocycles. The number of morpholine rings is 1. The van der Waals surface area contributed by atoms with E-state index in [4.69, 9.17) is 4.74 Å². The van der Waals surface area contributed by atoms with Crippen LogP contribution in [0.15, 0.2) is 24.3 Å². The zero-order valence-electron chi connectivity index (χ0n) is 15.5. The normalized spacial score (nSPS) is 19.9. The van der Waals surface area contributed by atoms with Gasteiger partial charge in [0.2, 0.25) is 0 Å². The van der Waals surface area contributed by atoms with E-state index in [0.29, 0.717) is 25.5 Å². The van der Waals surface area contributed by atoms with Gasteiger partial charge in [-0.1, -0.05) is 6.07 Å². The maximum Gasteiger partial charge on any atom is 0.254 e. The third-order valence-corrected chi connectivity index (χ3v) is 5.24. The van der Waals surface area contributed by atoms with Crippen molar-refractivity contribution in [1.29, 1.82) is 0 Å². The molecular formula is C21H25N3O2. The van der Waals surface area contributed by atoms with Gasteiger partial charge >= 0.3 is 0 Å². The summed E-state index contributed by atoms with van der Waals surface area (Å²) in [4.78, 5) is 23.9. The number of ether oxygens (including phenoxy) is 1. The van der Waals surface area contributed by atoms with Gasteiger partial charge in [-0.15, -0.1) is 0 Å². The van der Waals surface area contributed by atoms with Crippen LogP contribution in [0.25, 0.3) is 0 Å². The third-order valence-electron chi connectivity index (χ3n) is 5.24. The Kier molecular flexibility index (Phi) is 4.72. The first-order chi connectivity index (χ1) is 12.6. The number of hydrogen-bond donors (Lipinski definition) is 0. The Morgan fingerprint density at radius 3 is 2.58 bits per heavy atom. The fourth-order valence-electron chi connectivity index (χ4n) is 3.94. The fourth-order valence-corrected chi connectivity index (χ4v) is 3.94. The van der Waals surface area contributed by atoms with Crippen LogP contribution in [-0.4, -0.2) is 40.5 Å². The van der Waals surface area contributed by atoms with Gasteiger partial charge in [-0.3, -0.25) is 4.79 Å². The predicted molar refractivity (Wildman–Crippen MR) is 99.2 cm³/mol. The minimum atomic E-state index is -0.260. The standard InChI is InChI=1S/C21H25N3O2/c1-14-11-15(2)23-20(22-14)19-13-24(9-10-26-19)21(25)18-8-7-16-5-3-4-6-17(16)12-18/h7-8,11-12,19H,3-6,9-10,13H2,1-2H3/t19-/m1/s1. The number of rotatable bonds is 2. The van der Waals surface area contributed by atoms with Gasteiger partial charge in [0.05, 0.1) is 13.2 Å². The molecule has 0 spiro atoms. The Morgan fingerprint density at radius 2 is 1.81 bits per heavy atom. The smallest absolute Gasteiger partial charge is 0.254 e. The van der Waals surface area contributed by atoms with Crippen molar-refractivity contribution in [2.75, 3.05) is 19.7 Å². The molecule has 0 unspecified atom stereocenters. The van der Waals surface area contributed by atoms with Crippen molar-refractivity contribution in [3.8, 4) is 0 Å². The summed E-state index contributed by atoms with van der Waals surface area (Å²) < 4.78 is 5.86. The molecule has 2 aliphatic rings. The van der Waals surface area contributed by atoms with Crippen molar-refractivity contribution < 1.29 is 9.53 Å². The Bertz CT molecular complexity index is 814. The van der Waals surface area contributed by atoms with Crippen LogP contribution in [0, 0.1) is 13.8 Å². The minimum Gasteiger partial charge on any atom is -0.367 e. The van der Waals surface area contributed by atoms with Crippen molar-refractivity contribution >= 4 is 5.91 Å². The molecule has 2 aromatic rings. The maximum absolute atomic E-state index is 13.0. The number of amides is 1. The molecule has 1 aliphatic heterocycles. The van der Waals surface area contributed by atoms with Crippen molar-refractivity contribution in [3.63, 3.8) is 0 Å². The Balaban J connectivity index is 1.53. The predicted octanol–water partition coefficient (Wildman–Crippen LogP) is 3.19. The van der Waals surface area contributed by atoms with E-state index >= 15 is 0 Å². The van der Waals surface area contributed by atoms with E-state index in [9.17, 15) is 4.79 Å². The van der Waals surface area contributed by atoms with E-state index < -0.39 is 0 Å². The number of hydrogen-bond acceptors (Lipinski definition) is 4. The second-order valence-electron chi connectivity index (χ2n) is 7.31. The fraction of sp³-hybridized carbons (Fsp3) is 0.476. The highest BCUT2D eigenvalue weighted by atomic mass is 16.5. The van der Waals surface area contributed by atoms with Gasteiger partial charge in [-0.05, 0) is 68.9 Å². The number of fused-ring (bicyclic) bond motifs is 1. The molecule has 5 nitrogen and oxygen atoms in total. The summed E-state index contributed by atoms with van der Waals surface area (Å²) in [6.07, 6.45) is 4.42. The van der Waals surface area contributed by atoms with Gasteiger partial charge in [0.1, 0.15) is 6.10 Å². The Hall–Kier alpha value is -2.27. The van der Waals surface area contributed by atoms with Gasteiger partial charge in [0.25, 0.3) is 5.91 Å². The molecule has 1 aromatic carbocycles. The van der Waals surface area contributed by atoms with Crippen LogP contribution in [0.2, 0.25) is 0 Å². The average molecular weight is 351 g/mol. The maximum atomic E-state index is 13.0. The first-order valence-corrected chi connectivity index (χ1v) is 9.45. The number of carbonyl (C=O) groups excluding carboxylic acids is 1. The topological polar surface area (TPSA) is 55.3 Å². The molecule has 0 N–H and O–H groups in total. The summed E-state index contributed by atoms with van der Waals surface area (Å²) in [6, 6.07) is 8.15. The lowest BCUT2D eigenvalue weighted by Gasteiger charge is -2.32. The van der Waals surface area contributed by atoms with Crippen LogP contribution in [-0.2, 0) is 17.6 Å². The quantitative estimate of drug-likeness (QED) is 0.834. The number of nitrogens with zero attached hydrogens (tertiary/aromatic N) is 3. The molecule has 1 aromatic heterocycles. The number of aryl methyl sites for hydroxylation is 4. The Morgan fingerprint density at radius 1 is 1.08 bits per heavy atom. The number of benzene rings is 1. The molecule has 136 valence electrons. The zero-order chi connectivity index (χ0) is 18.1. The number of aromatic nitrogens is 2.